The predicted octanol–water partition coefficient (Wildman–Crippen LogP) is 5.92. The molecule has 1 unspecified atom stereocenters. The fourth-order valence-corrected chi connectivity index (χ4v) is 9.47. The number of sulfonamides is 1. The van der Waals surface area contributed by atoms with Crippen LogP contribution in [0.25, 0.3) is 0 Å². The number of imide groups is 1. The topological polar surface area (TPSA) is 135 Å². The minimum Gasteiger partial charge on any atom is -0.493 e. The number of carbonyl (C=O) groups is 3. The van der Waals surface area contributed by atoms with Crippen molar-refractivity contribution < 1.29 is 37.0 Å². The zero-order valence-corrected chi connectivity index (χ0v) is 31.9. The van der Waals surface area contributed by atoms with Crippen LogP contribution in [0, 0.1) is 0 Å². The number of thiophene rings is 1. The normalized spacial score (nSPS) is 16.0. The van der Waals surface area contributed by atoms with E-state index in [0.717, 1.165) is 30.1 Å². The zero-order chi connectivity index (χ0) is 37.7. The van der Waals surface area contributed by atoms with Gasteiger partial charge in [0.15, 0.2) is 11.5 Å². The Kier molecular flexibility index (Phi) is 11.8. The molecule has 6 rings (SSSR count). The van der Waals surface area contributed by atoms with Gasteiger partial charge in [0.2, 0.25) is 10.0 Å². The molecule has 1 aromatic heterocycles. The Balaban J connectivity index is 1.24. The van der Waals surface area contributed by atoms with Crippen molar-refractivity contribution in [2.75, 3.05) is 58.5 Å². The van der Waals surface area contributed by atoms with Gasteiger partial charge in [-0.05, 0) is 73.5 Å². The van der Waals surface area contributed by atoms with Crippen molar-refractivity contribution in [2.24, 2.45) is 0 Å². The lowest BCUT2D eigenvalue weighted by Crippen LogP contribution is -2.47. The number of methoxy groups -OCH3 is 2. The third-order valence-corrected chi connectivity index (χ3v) is 12.4. The van der Waals surface area contributed by atoms with Gasteiger partial charge in [-0.1, -0.05) is 42.5 Å². The van der Waals surface area contributed by atoms with E-state index in [-0.39, 0.29) is 35.2 Å². The van der Waals surface area contributed by atoms with Gasteiger partial charge in [-0.15, -0.1) is 11.3 Å². The molecule has 2 aliphatic heterocycles. The van der Waals surface area contributed by atoms with E-state index in [2.05, 4.69) is 33.6 Å². The first kappa shape index (κ1) is 38.0. The number of nitrogens with one attached hydrogen (secondary N) is 1. The molecule has 1 N–H and O–H groups in total. The minimum atomic E-state index is -4.05. The van der Waals surface area contributed by atoms with E-state index in [1.165, 1.54) is 36.1 Å². The largest absolute Gasteiger partial charge is 0.493 e. The molecule has 0 spiro atoms. The second-order valence-corrected chi connectivity index (χ2v) is 15.4. The first-order valence-electron chi connectivity index (χ1n) is 17.6. The molecule has 0 saturated carbocycles. The summed E-state index contributed by atoms with van der Waals surface area (Å²) in [6.45, 7) is 7.44. The summed E-state index contributed by atoms with van der Waals surface area (Å²) < 4.78 is 45.0. The van der Waals surface area contributed by atoms with Crippen LogP contribution in [0.15, 0.2) is 83.1 Å². The van der Waals surface area contributed by atoms with Crippen LogP contribution in [0.2, 0.25) is 0 Å². The van der Waals surface area contributed by atoms with Gasteiger partial charge < -0.3 is 19.1 Å². The highest BCUT2D eigenvalue weighted by atomic mass is 32.2. The molecule has 12 nitrogen and oxygen atoms in total. The van der Waals surface area contributed by atoms with Crippen molar-refractivity contribution in [3.8, 4) is 11.5 Å². The van der Waals surface area contributed by atoms with E-state index in [1.807, 2.05) is 37.3 Å². The predicted molar refractivity (Wildman–Crippen MR) is 203 cm³/mol. The number of nitrogens with zero attached hydrogens (tertiary/aromatic N) is 3. The lowest BCUT2D eigenvalue weighted by atomic mass is 9.99. The fourth-order valence-electron chi connectivity index (χ4n) is 7.07. The Morgan fingerprint density at radius 1 is 0.906 bits per heavy atom. The van der Waals surface area contributed by atoms with E-state index in [9.17, 15) is 22.8 Å². The van der Waals surface area contributed by atoms with E-state index < -0.39 is 33.8 Å². The monoisotopic (exact) mass is 760 g/mol. The minimum absolute atomic E-state index is 0.0104. The van der Waals surface area contributed by atoms with Crippen molar-refractivity contribution in [3.05, 3.63) is 105 Å². The zero-order valence-electron chi connectivity index (χ0n) is 30.2. The molecule has 0 aliphatic carbocycles. The maximum atomic E-state index is 14.5. The second-order valence-electron chi connectivity index (χ2n) is 12.8. The van der Waals surface area contributed by atoms with Crippen LogP contribution in [0.3, 0.4) is 0 Å². The van der Waals surface area contributed by atoms with Crippen molar-refractivity contribution in [2.45, 2.75) is 43.7 Å². The molecule has 1 fully saturated rings. The number of hydrogen-bond acceptors (Lipinski definition) is 11. The van der Waals surface area contributed by atoms with Gasteiger partial charge in [0.25, 0.3) is 11.8 Å². The van der Waals surface area contributed by atoms with Gasteiger partial charge in [0.1, 0.15) is 9.77 Å². The number of carbonyl (C=O) groups excluding carboxylic acids is 3. The fraction of sp³-hybridized carbons (Fsp3) is 0.359. The first-order chi connectivity index (χ1) is 25.6. The van der Waals surface area contributed by atoms with E-state index in [0.29, 0.717) is 47.9 Å². The van der Waals surface area contributed by atoms with Crippen LogP contribution in [0.1, 0.15) is 80.3 Å². The Morgan fingerprint density at radius 3 is 2.36 bits per heavy atom. The first-order valence-corrected chi connectivity index (χ1v) is 20.0. The lowest BCUT2D eigenvalue weighted by Gasteiger charge is -2.39. The van der Waals surface area contributed by atoms with E-state index >= 15 is 0 Å². The van der Waals surface area contributed by atoms with Gasteiger partial charge >= 0.3 is 5.97 Å². The van der Waals surface area contributed by atoms with Crippen molar-refractivity contribution in [1.82, 2.24) is 14.5 Å². The summed E-state index contributed by atoms with van der Waals surface area (Å²) in [4.78, 5) is 46.6. The van der Waals surface area contributed by atoms with Crippen molar-refractivity contribution in [3.63, 3.8) is 0 Å². The van der Waals surface area contributed by atoms with Crippen molar-refractivity contribution in [1.29, 1.82) is 0 Å². The SMILES string of the molecule is CCOc1ccc(C(CCCNS(=O)(=O)c2ccsc2C(=O)OC)N2C(=O)c3cccc(N4CCN([C@H](C)c5ccccc5)CC4)c3C2=O)cc1OC. The van der Waals surface area contributed by atoms with Crippen LogP contribution < -0.4 is 19.1 Å². The molecule has 2 atom stereocenters. The maximum absolute atomic E-state index is 14.5. The highest BCUT2D eigenvalue weighted by Crippen LogP contribution is 2.41. The van der Waals surface area contributed by atoms with Gasteiger partial charge in [-0.3, -0.25) is 19.4 Å². The van der Waals surface area contributed by atoms with Gasteiger partial charge in [-0.2, -0.15) is 0 Å². The Morgan fingerprint density at radius 2 is 1.66 bits per heavy atom. The number of ether oxygens (including phenoxy) is 3. The van der Waals surface area contributed by atoms with Crippen molar-refractivity contribution >= 4 is 44.8 Å². The van der Waals surface area contributed by atoms with Gasteiger partial charge in [0.05, 0.1) is 43.7 Å². The molecule has 1 saturated heterocycles. The maximum Gasteiger partial charge on any atom is 0.349 e. The Hall–Kier alpha value is -4.76. The van der Waals surface area contributed by atoms with Gasteiger partial charge in [0, 0.05) is 38.8 Å². The molecule has 53 heavy (non-hydrogen) atoms. The summed E-state index contributed by atoms with van der Waals surface area (Å²) in [5, 5.41) is 1.51. The highest BCUT2D eigenvalue weighted by molar-refractivity contribution is 7.89. The molecule has 4 aromatic rings. The van der Waals surface area contributed by atoms with Crippen LogP contribution in [-0.4, -0.2) is 89.6 Å². The summed E-state index contributed by atoms with van der Waals surface area (Å²) in [6.07, 6.45) is 0.503. The quantitative estimate of drug-likeness (QED) is 0.0884. The molecule has 3 heterocycles. The highest BCUT2D eigenvalue weighted by Gasteiger charge is 2.43. The molecule has 14 heteroatoms. The number of benzene rings is 3. The number of piperazine rings is 1. The number of amides is 2. The number of hydrogen-bond donors (Lipinski definition) is 1. The number of anilines is 1. The van der Waals surface area contributed by atoms with Gasteiger partial charge in [-0.25, -0.2) is 17.9 Å². The summed E-state index contributed by atoms with van der Waals surface area (Å²) in [6, 6.07) is 21.9. The van der Waals surface area contributed by atoms with Crippen LogP contribution >= 0.6 is 11.3 Å². The van der Waals surface area contributed by atoms with Crippen LogP contribution in [0.4, 0.5) is 5.69 Å². The number of rotatable bonds is 15. The summed E-state index contributed by atoms with van der Waals surface area (Å²) in [7, 11) is -1.34. The molecule has 3 aromatic carbocycles. The average Bonchev–Trinajstić information content (AvgIpc) is 3.79. The summed E-state index contributed by atoms with van der Waals surface area (Å²) in [5.74, 6) is -0.586. The Labute approximate surface area is 314 Å². The standard InChI is InChI=1S/C39H44N4O8S2/c1-5-51-32-17-16-28(25-33(32)49-3)30(15-10-19-40-53(47,48)34-18-24-52-36(34)39(46)50-4)43-37(44)29-13-9-14-31(35(29)38(43)45)42-22-20-41(21-23-42)26(2)27-11-7-6-8-12-27/h6-9,11-14,16-18,24-26,30,40H,5,10,15,19-23H2,1-4H3/t26-,30?/m1/s1. The number of esters is 1. The smallest absolute Gasteiger partial charge is 0.349 e. The third kappa shape index (κ3) is 7.81. The molecular weight excluding hydrogens is 717 g/mol. The molecule has 0 radical (unpaired) electrons. The summed E-state index contributed by atoms with van der Waals surface area (Å²) in [5.41, 5.74) is 3.32. The molecule has 280 valence electrons. The Bertz CT molecular complexity index is 2060. The van der Waals surface area contributed by atoms with E-state index in [1.54, 1.807) is 24.3 Å². The molecule has 2 amide bonds. The molecule has 2 aliphatic rings. The van der Waals surface area contributed by atoms with Crippen LogP contribution in [0.5, 0.6) is 11.5 Å². The van der Waals surface area contributed by atoms with Crippen LogP contribution in [-0.2, 0) is 14.8 Å². The van der Waals surface area contributed by atoms with E-state index in [4.69, 9.17) is 14.2 Å². The molecule has 0 bridgehead atoms. The lowest BCUT2D eigenvalue weighted by molar-refractivity contribution is 0.0568. The summed E-state index contributed by atoms with van der Waals surface area (Å²) >= 11 is 0.978. The number of fused-ring (bicyclic) bond motifs is 1. The second kappa shape index (κ2) is 16.5. The molecular formula is C39H44N4O8S2. The average molecular weight is 761 g/mol. The third-order valence-electron chi connectivity index (χ3n) is 9.83.